The molecule has 0 aliphatic carbocycles. The first-order chi connectivity index (χ1) is 7.84. The number of aliphatic hydroxyl groups is 1. The number of aliphatic hydroxyl groups excluding tert-OH is 1. The zero-order valence-corrected chi connectivity index (χ0v) is 9.65. The zero-order chi connectivity index (χ0) is 11.2. The lowest BCUT2D eigenvalue weighted by Gasteiger charge is -2.29. The van der Waals surface area contributed by atoms with Gasteiger partial charge < -0.3 is 25.2 Å². The van der Waals surface area contributed by atoms with E-state index in [0.29, 0.717) is 12.8 Å². The van der Waals surface area contributed by atoms with Gasteiger partial charge in [-0.15, -0.1) is 0 Å². The van der Waals surface area contributed by atoms with E-state index in [-0.39, 0.29) is 18.3 Å². The van der Waals surface area contributed by atoms with Crippen molar-refractivity contribution >= 4 is 0 Å². The molecule has 2 saturated heterocycles. The summed E-state index contributed by atoms with van der Waals surface area (Å²) in [5.41, 5.74) is 0. The molecule has 2 aliphatic heterocycles. The van der Waals surface area contributed by atoms with Gasteiger partial charge in [0.05, 0.1) is 31.5 Å². The lowest BCUT2D eigenvalue weighted by molar-refractivity contribution is -0.0351. The third kappa shape index (κ3) is 3.99. The quantitative estimate of drug-likeness (QED) is 0.584. The van der Waals surface area contributed by atoms with Crippen LogP contribution in [-0.4, -0.2) is 62.8 Å². The molecule has 2 atom stereocenters. The van der Waals surface area contributed by atoms with E-state index < -0.39 is 0 Å². The van der Waals surface area contributed by atoms with E-state index in [0.717, 1.165) is 39.4 Å². The topological polar surface area (TPSA) is 62.8 Å². The van der Waals surface area contributed by atoms with E-state index in [9.17, 15) is 5.11 Å². The number of nitrogens with one attached hydrogen (secondary N) is 2. The Kier molecular flexibility index (Phi) is 4.99. The maximum atomic E-state index is 9.94. The molecule has 0 radical (unpaired) electrons. The molecular weight excluding hydrogens is 208 g/mol. The van der Waals surface area contributed by atoms with Crippen molar-refractivity contribution in [1.29, 1.82) is 0 Å². The van der Waals surface area contributed by atoms with Gasteiger partial charge in [0.2, 0.25) is 0 Å². The zero-order valence-electron chi connectivity index (χ0n) is 9.65. The van der Waals surface area contributed by atoms with E-state index in [1.165, 1.54) is 0 Å². The van der Waals surface area contributed by atoms with Crippen LogP contribution in [0.25, 0.3) is 0 Å². The average Bonchev–Trinajstić information content (AvgIpc) is 2.31. The summed E-state index contributed by atoms with van der Waals surface area (Å²) >= 11 is 0. The highest BCUT2D eigenvalue weighted by Crippen LogP contribution is 2.12. The van der Waals surface area contributed by atoms with Crippen LogP contribution >= 0.6 is 0 Å². The highest BCUT2D eigenvalue weighted by molar-refractivity contribution is 4.76. The van der Waals surface area contributed by atoms with Crippen molar-refractivity contribution in [2.24, 2.45) is 0 Å². The molecule has 0 aromatic carbocycles. The molecule has 2 rings (SSSR count). The Balaban J connectivity index is 1.64. The van der Waals surface area contributed by atoms with E-state index in [4.69, 9.17) is 9.47 Å². The molecule has 0 saturated carbocycles. The van der Waals surface area contributed by atoms with Crippen LogP contribution in [0.3, 0.4) is 0 Å². The van der Waals surface area contributed by atoms with Crippen molar-refractivity contribution in [3.8, 4) is 0 Å². The maximum absolute atomic E-state index is 9.94. The molecule has 2 fully saturated rings. The molecule has 2 unspecified atom stereocenters. The van der Waals surface area contributed by atoms with E-state index >= 15 is 0 Å². The summed E-state index contributed by atoms with van der Waals surface area (Å²) in [6.07, 6.45) is 1.38. The lowest BCUT2D eigenvalue weighted by atomic mass is 10.0. The average molecular weight is 230 g/mol. The van der Waals surface area contributed by atoms with Gasteiger partial charge in [-0.1, -0.05) is 0 Å². The normalized spacial score (nSPS) is 33.6. The highest BCUT2D eigenvalue weighted by atomic mass is 16.5. The van der Waals surface area contributed by atoms with Gasteiger partial charge in [-0.25, -0.2) is 0 Å². The van der Waals surface area contributed by atoms with Crippen LogP contribution in [0, 0.1) is 0 Å². The minimum absolute atomic E-state index is 0.153. The van der Waals surface area contributed by atoms with Crippen LogP contribution in [0.5, 0.6) is 0 Å². The molecule has 3 N–H and O–H groups in total. The third-order valence-electron chi connectivity index (χ3n) is 3.08. The Bertz CT molecular complexity index is 172. The second kappa shape index (κ2) is 6.51. The minimum Gasteiger partial charge on any atom is -0.393 e. The molecule has 94 valence electrons. The van der Waals surface area contributed by atoms with Crippen molar-refractivity contribution in [3.63, 3.8) is 0 Å². The Morgan fingerprint density at radius 1 is 1.00 bits per heavy atom. The number of rotatable bonds is 4. The largest absolute Gasteiger partial charge is 0.393 e. The lowest BCUT2D eigenvalue weighted by Crippen LogP contribution is -2.43. The summed E-state index contributed by atoms with van der Waals surface area (Å²) in [5.74, 6) is 0. The van der Waals surface area contributed by atoms with Crippen molar-refractivity contribution in [2.45, 2.75) is 31.2 Å². The number of morpholine rings is 2. The summed E-state index contributed by atoms with van der Waals surface area (Å²) in [5, 5.41) is 16.5. The third-order valence-corrected chi connectivity index (χ3v) is 3.08. The van der Waals surface area contributed by atoms with Gasteiger partial charge in [0.15, 0.2) is 0 Å². The summed E-state index contributed by atoms with van der Waals surface area (Å²) in [4.78, 5) is 0. The molecule has 16 heavy (non-hydrogen) atoms. The molecule has 0 bridgehead atoms. The monoisotopic (exact) mass is 230 g/mol. The first-order valence-corrected chi connectivity index (χ1v) is 6.17. The molecule has 0 amide bonds. The second-order valence-electron chi connectivity index (χ2n) is 4.52. The SMILES string of the molecule is OC(CC1CNCCO1)CC1CNCCO1. The summed E-state index contributed by atoms with van der Waals surface area (Å²) in [6, 6.07) is 0. The molecule has 5 nitrogen and oxygen atoms in total. The molecule has 0 aromatic heterocycles. The van der Waals surface area contributed by atoms with Gasteiger partial charge >= 0.3 is 0 Å². The Hall–Kier alpha value is -0.200. The summed E-state index contributed by atoms with van der Waals surface area (Å²) in [6.45, 7) is 5.03. The van der Waals surface area contributed by atoms with E-state index in [2.05, 4.69) is 10.6 Å². The standard InChI is InChI=1S/C11H22N2O3/c14-9(5-10-7-12-1-3-15-10)6-11-8-13-2-4-16-11/h9-14H,1-8H2. The van der Waals surface area contributed by atoms with Crippen LogP contribution in [0.15, 0.2) is 0 Å². The predicted octanol–water partition coefficient (Wildman–Crippen LogP) is -0.896. The van der Waals surface area contributed by atoms with Gasteiger partial charge in [0, 0.05) is 39.0 Å². The van der Waals surface area contributed by atoms with Crippen molar-refractivity contribution in [2.75, 3.05) is 39.4 Å². The smallest absolute Gasteiger partial charge is 0.0724 e. The molecule has 2 aliphatic rings. The fraction of sp³-hybridized carbons (Fsp3) is 1.00. The number of hydrogen-bond donors (Lipinski definition) is 3. The number of hydrogen-bond acceptors (Lipinski definition) is 5. The second-order valence-corrected chi connectivity index (χ2v) is 4.52. The van der Waals surface area contributed by atoms with Crippen LogP contribution < -0.4 is 10.6 Å². The molecule has 5 heteroatoms. The van der Waals surface area contributed by atoms with Gasteiger partial charge in [0.25, 0.3) is 0 Å². The first-order valence-electron chi connectivity index (χ1n) is 6.17. The fourth-order valence-corrected chi connectivity index (χ4v) is 2.25. The van der Waals surface area contributed by atoms with Crippen molar-refractivity contribution in [1.82, 2.24) is 10.6 Å². The fourth-order valence-electron chi connectivity index (χ4n) is 2.25. The summed E-state index contributed by atoms with van der Waals surface area (Å²) < 4.78 is 11.1. The van der Waals surface area contributed by atoms with Crippen LogP contribution in [-0.2, 0) is 9.47 Å². The Morgan fingerprint density at radius 3 is 1.88 bits per heavy atom. The van der Waals surface area contributed by atoms with Gasteiger partial charge in [-0.05, 0) is 0 Å². The van der Waals surface area contributed by atoms with Crippen LogP contribution in [0.1, 0.15) is 12.8 Å². The Morgan fingerprint density at radius 2 is 1.50 bits per heavy atom. The first kappa shape index (κ1) is 12.3. The van der Waals surface area contributed by atoms with Crippen LogP contribution in [0.2, 0.25) is 0 Å². The van der Waals surface area contributed by atoms with Gasteiger partial charge in [-0.3, -0.25) is 0 Å². The van der Waals surface area contributed by atoms with Crippen molar-refractivity contribution < 1.29 is 14.6 Å². The number of ether oxygens (including phenoxy) is 2. The molecule has 0 spiro atoms. The Labute approximate surface area is 96.5 Å². The summed E-state index contributed by atoms with van der Waals surface area (Å²) in [7, 11) is 0. The van der Waals surface area contributed by atoms with E-state index in [1.807, 2.05) is 0 Å². The van der Waals surface area contributed by atoms with Gasteiger partial charge in [-0.2, -0.15) is 0 Å². The maximum Gasteiger partial charge on any atom is 0.0724 e. The van der Waals surface area contributed by atoms with Crippen LogP contribution in [0.4, 0.5) is 0 Å². The molecule has 0 aromatic rings. The van der Waals surface area contributed by atoms with E-state index in [1.54, 1.807) is 0 Å². The molecular formula is C11H22N2O3. The highest BCUT2D eigenvalue weighted by Gasteiger charge is 2.22. The van der Waals surface area contributed by atoms with Crippen molar-refractivity contribution in [3.05, 3.63) is 0 Å². The minimum atomic E-state index is -0.324. The molecule has 2 heterocycles. The van der Waals surface area contributed by atoms with Gasteiger partial charge in [0.1, 0.15) is 0 Å². The predicted molar refractivity (Wildman–Crippen MR) is 60.5 cm³/mol.